The lowest BCUT2D eigenvalue weighted by molar-refractivity contribution is 0.0925. The molecule has 0 saturated heterocycles. The van der Waals surface area contributed by atoms with Gasteiger partial charge in [-0.15, -0.1) is 11.3 Å². The Labute approximate surface area is 160 Å². The van der Waals surface area contributed by atoms with Gasteiger partial charge in [-0.2, -0.15) is 0 Å². The fourth-order valence-electron chi connectivity index (χ4n) is 4.00. The number of aromatic nitrogens is 3. The van der Waals surface area contributed by atoms with E-state index in [0.29, 0.717) is 11.5 Å². The summed E-state index contributed by atoms with van der Waals surface area (Å²) in [7, 11) is 0. The second kappa shape index (κ2) is 6.78. The van der Waals surface area contributed by atoms with Gasteiger partial charge in [0.15, 0.2) is 0 Å². The van der Waals surface area contributed by atoms with Crippen molar-refractivity contribution in [3.63, 3.8) is 0 Å². The van der Waals surface area contributed by atoms with E-state index in [4.69, 9.17) is 4.98 Å². The van der Waals surface area contributed by atoms with Crippen LogP contribution in [-0.2, 0) is 0 Å². The van der Waals surface area contributed by atoms with Crippen molar-refractivity contribution in [2.24, 2.45) is 0 Å². The highest BCUT2D eigenvalue weighted by molar-refractivity contribution is 7.16. The molecule has 0 radical (unpaired) electrons. The number of hydrogen-bond acceptors (Lipinski definition) is 4. The first-order valence-corrected chi connectivity index (χ1v) is 10.2. The lowest BCUT2D eigenvalue weighted by Gasteiger charge is -2.28. The summed E-state index contributed by atoms with van der Waals surface area (Å²) in [6.07, 6.45) is 4.14. The van der Waals surface area contributed by atoms with Crippen LogP contribution in [0.1, 0.15) is 47.8 Å². The topological polar surface area (TPSA) is 70.7 Å². The maximum Gasteiger partial charge on any atom is 0.251 e. The number of hydrogen-bond donors (Lipinski definition) is 2. The number of carbonyl (C=O) groups excluding carboxylic acids is 1. The zero-order chi connectivity index (χ0) is 18.2. The minimum absolute atomic E-state index is 0.0137. The molecule has 0 bridgehead atoms. The Balaban J connectivity index is 1.31. The first-order chi connectivity index (χ1) is 13.3. The van der Waals surface area contributed by atoms with Crippen LogP contribution in [0.15, 0.2) is 48.0 Å². The molecule has 2 aromatic heterocycles. The second-order valence-electron chi connectivity index (χ2n) is 7.21. The third kappa shape index (κ3) is 3.21. The standard InChI is InChI=1S/C21H20N4OS/c26-21(14-8-9-19-18(11-14)22-12-27-19)23-15-5-3-4-13(10-15)20-24-16-6-1-2-7-17(16)25-20/h1-2,6-9,11-13,15H,3-5,10H2,(H,23,26)(H,24,25). The molecule has 4 aromatic rings. The van der Waals surface area contributed by atoms with Crippen molar-refractivity contribution < 1.29 is 4.79 Å². The lowest BCUT2D eigenvalue weighted by Crippen LogP contribution is -2.38. The number of H-pyrrole nitrogens is 1. The number of para-hydroxylation sites is 2. The minimum Gasteiger partial charge on any atom is -0.349 e. The average Bonchev–Trinajstić information content (AvgIpc) is 3.34. The maximum atomic E-state index is 12.7. The molecule has 136 valence electrons. The lowest BCUT2D eigenvalue weighted by atomic mass is 9.85. The monoisotopic (exact) mass is 376 g/mol. The minimum atomic E-state index is -0.0137. The molecule has 2 heterocycles. The number of carbonyl (C=O) groups is 1. The molecule has 5 nitrogen and oxygen atoms in total. The molecule has 1 aliphatic carbocycles. The van der Waals surface area contributed by atoms with E-state index in [-0.39, 0.29) is 11.9 Å². The molecule has 2 unspecified atom stereocenters. The molecule has 0 spiro atoms. The van der Waals surface area contributed by atoms with E-state index in [1.807, 2.05) is 41.9 Å². The fourth-order valence-corrected chi connectivity index (χ4v) is 4.66. The number of fused-ring (bicyclic) bond motifs is 2. The highest BCUT2D eigenvalue weighted by Gasteiger charge is 2.26. The van der Waals surface area contributed by atoms with Gasteiger partial charge in [-0.25, -0.2) is 9.97 Å². The third-order valence-corrected chi connectivity index (χ3v) is 6.21. The Morgan fingerprint density at radius 2 is 2.07 bits per heavy atom. The first-order valence-electron chi connectivity index (χ1n) is 9.35. The van der Waals surface area contributed by atoms with Gasteiger partial charge in [0.25, 0.3) is 5.91 Å². The highest BCUT2D eigenvalue weighted by Crippen LogP contribution is 2.32. The van der Waals surface area contributed by atoms with E-state index in [2.05, 4.69) is 21.4 Å². The van der Waals surface area contributed by atoms with E-state index in [9.17, 15) is 4.79 Å². The third-order valence-electron chi connectivity index (χ3n) is 5.40. The Kier molecular flexibility index (Phi) is 4.13. The van der Waals surface area contributed by atoms with Crippen molar-refractivity contribution in [3.05, 3.63) is 59.4 Å². The number of imidazole rings is 1. The van der Waals surface area contributed by atoms with Crippen molar-refractivity contribution in [1.82, 2.24) is 20.3 Å². The number of thiazole rings is 1. The Hall–Kier alpha value is -2.73. The Bertz CT molecular complexity index is 1080. The molecule has 1 fully saturated rings. The van der Waals surface area contributed by atoms with Gasteiger partial charge >= 0.3 is 0 Å². The largest absolute Gasteiger partial charge is 0.349 e. The molecule has 6 heteroatoms. The van der Waals surface area contributed by atoms with Crippen LogP contribution >= 0.6 is 11.3 Å². The van der Waals surface area contributed by atoms with Crippen molar-refractivity contribution in [1.29, 1.82) is 0 Å². The average molecular weight is 376 g/mol. The summed E-state index contributed by atoms with van der Waals surface area (Å²) in [6, 6.07) is 14.0. The normalized spacial score (nSPS) is 20.1. The first kappa shape index (κ1) is 16.4. The van der Waals surface area contributed by atoms with Crippen LogP contribution in [0.4, 0.5) is 0 Å². The smallest absolute Gasteiger partial charge is 0.251 e. The maximum absolute atomic E-state index is 12.7. The predicted octanol–water partition coefficient (Wildman–Crippen LogP) is 4.63. The molecule has 2 N–H and O–H groups in total. The van der Waals surface area contributed by atoms with Gasteiger partial charge in [0.2, 0.25) is 0 Å². The molecule has 2 aromatic carbocycles. The summed E-state index contributed by atoms with van der Waals surface area (Å²) in [5, 5.41) is 3.22. The molecular formula is C21H20N4OS. The summed E-state index contributed by atoms with van der Waals surface area (Å²) >= 11 is 1.59. The molecule has 1 saturated carbocycles. The van der Waals surface area contributed by atoms with E-state index >= 15 is 0 Å². The van der Waals surface area contributed by atoms with Crippen LogP contribution in [0.2, 0.25) is 0 Å². The van der Waals surface area contributed by atoms with Crippen LogP contribution in [-0.4, -0.2) is 26.9 Å². The predicted molar refractivity (Wildman–Crippen MR) is 108 cm³/mol. The summed E-state index contributed by atoms with van der Waals surface area (Å²) in [6.45, 7) is 0. The highest BCUT2D eigenvalue weighted by atomic mass is 32.1. The number of amides is 1. The van der Waals surface area contributed by atoms with Crippen LogP contribution < -0.4 is 5.32 Å². The van der Waals surface area contributed by atoms with Crippen LogP contribution in [0.5, 0.6) is 0 Å². The van der Waals surface area contributed by atoms with Crippen molar-refractivity contribution in [2.75, 3.05) is 0 Å². The Morgan fingerprint density at radius 3 is 3.00 bits per heavy atom. The Morgan fingerprint density at radius 1 is 1.15 bits per heavy atom. The molecule has 2 atom stereocenters. The molecule has 0 aliphatic heterocycles. The number of nitrogens with zero attached hydrogens (tertiary/aromatic N) is 2. The number of aromatic amines is 1. The molecule has 5 rings (SSSR count). The van der Waals surface area contributed by atoms with Crippen LogP contribution in [0, 0.1) is 0 Å². The van der Waals surface area contributed by atoms with Crippen molar-refractivity contribution in [2.45, 2.75) is 37.6 Å². The summed E-state index contributed by atoms with van der Waals surface area (Å²) in [5.41, 5.74) is 5.46. The van der Waals surface area contributed by atoms with Gasteiger partial charge in [-0.3, -0.25) is 4.79 Å². The van der Waals surface area contributed by atoms with Crippen LogP contribution in [0.25, 0.3) is 21.3 Å². The van der Waals surface area contributed by atoms with E-state index in [0.717, 1.165) is 52.8 Å². The zero-order valence-corrected chi connectivity index (χ0v) is 15.6. The zero-order valence-electron chi connectivity index (χ0n) is 14.8. The molecule has 27 heavy (non-hydrogen) atoms. The van der Waals surface area contributed by atoms with Crippen molar-refractivity contribution in [3.8, 4) is 0 Å². The van der Waals surface area contributed by atoms with Crippen molar-refractivity contribution >= 4 is 38.5 Å². The van der Waals surface area contributed by atoms with E-state index in [1.54, 1.807) is 11.3 Å². The van der Waals surface area contributed by atoms with Gasteiger partial charge in [-0.05, 0) is 49.6 Å². The summed E-state index contributed by atoms with van der Waals surface area (Å²) in [4.78, 5) is 25.2. The van der Waals surface area contributed by atoms with Gasteiger partial charge in [-0.1, -0.05) is 18.6 Å². The van der Waals surface area contributed by atoms with Crippen LogP contribution in [0.3, 0.4) is 0 Å². The van der Waals surface area contributed by atoms with E-state index in [1.165, 1.54) is 0 Å². The number of benzene rings is 2. The number of rotatable bonds is 3. The fraction of sp³-hybridized carbons (Fsp3) is 0.286. The second-order valence-corrected chi connectivity index (χ2v) is 8.09. The summed E-state index contributed by atoms with van der Waals surface area (Å²) in [5.74, 6) is 1.39. The molecule has 1 aliphatic rings. The molecule has 1 amide bonds. The van der Waals surface area contributed by atoms with Gasteiger partial charge in [0, 0.05) is 17.5 Å². The summed E-state index contributed by atoms with van der Waals surface area (Å²) < 4.78 is 1.11. The number of nitrogens with one attached hydrogen (secondary N) is 2. The molecular weight excluding hydrogens is 356 g/mol. The quantitative estimate of drug-likeness (QED) is 0.548. The van der Waals surface area contributed by atoms with Gasteiger partial charge in [0.1, 0.15) is 5.82 Å². The van der Waals surface area contributed by atoms with E-state index < -0.39 is 0 Å². The van der Waals surface area contributed by atoms with Gasteiger partial charge in [0.05, 0.1) is 26.8 Å². The van der Waals surface area contributed by atoms with Gasteiger partial charge < -0.3 is 10.3 Å². The SMILES string of the molecule is O=C(NC1CCCC(c2nc3ccccc3[nH]2)C1)c1ccc2scnc2c1.